The molecule has 0 radical (unpaired) electrons. The molecule has 1 aromatic heterocycles. The van der Waals surface area contributed by atoms with E-state index in [0.29, 0.717) is 32.4 Å². The highest BCUT2D eigenvalue weighted by atomic mass is 32.2. The second kappa shape index (κ2) is 6.42. The zero-order chi connectivity index (χ0) is 15.5. The Labute approximate surface area is 125 Å². The molecule has 0 unspecified atom stereocenters. The van der Waals surface area contributed by atoms with Crippen LogP contribution in [-0.4, -0.2) is 56.2 Å². The molecule has 2 rings (SSSR count). The standard InChI is InChI=1S/C11H20N4O4S2/c1-2-9-20(16,17)15-7-4-10(5-8-15)14-21(18,19)11-3-6-12-13-11/h3,6,10,14H,2,4-5,7-9H2,1H3,(H,12,13). The third kappa shape index (κ3) is 4.02. The van der Waals surface area contributed by atoms with E-state index in [-0.39, 0.29) is 16.8 Å². The number of rotatable bonds is 6. The van der Waals surface area contributed by atoms with Crippen molar-refractivity contribution in [3.63, 3.8) is 0 Å². The van der Waals surface area contributed by atoms with E-state index in [2.05, 4.69) is 14.9 Å². The largest absolute Gasteiger partial charge is 0.266 e. The molecule has 0 saturated carbocycles. The predicted molar refractivity (Wildman–Crippen MR) is 77.6 cm³/mol. The van der Waals surface area contributed by atoms with Crippen LogP contribution in [0.15, 0.2) is 17.3 Å². The first-order valence-corrected chi connectivity index (χ1v) is 9.94. The maximum Gasteiger partial charge on any atom is 0.257 e. The van der Waals surface area contributed by atoms with Gasteiger partial charge in [-0.2, -0.15) is 5.10 Å². The number of hydrogen-bond acceptors (Lipinski definition) is 5. The summed E-state index contributed by atoms with van der Waals surface area (Å²) < 4.78 is 52.0. The smallest absolute Gasteiger partial charge is 0.257 e. The summed E-state index contributed by atoms with van der Waals surface area (Å²) in [6.45, 7) is 2.51. The monoisotopic (exact) mass is 336 g/mol. The van der Waals surface area contributed by atoms with Gasteiger partial charge in [-0.3, -0.25) is 5.10 Å². The van der Waals surface area contributed by atoms with Crippen LogP contribution < -0.4 is 4.72 Å². The lowest BCUT2D eigenvalue weighted by molar-refractivity contribution is 0.308. The third-order valence-corrected chi connectivity index (χ3v) is 6.92. The van der Waals surface area contributed by atoms with Gasteiger partial charge in [-0.25, -0.2) is 25.9 Å². The SMILES string of the molecule is CCCS(=O)(=O)N1CCC(NS(=O)(=O)c2ccn[nH]2)CC1. The van der Waals surface area contributed by atoms with Crippen LogP contribution in [0.3, 0.4) is 0 Å². The van der Waals surface area contributed by atoms with E-state index in [1.54, 1.807) is 0 Å². The molecular weight excluding hydrogens is 316 g/mol. The second-order valence-electron chi connectivity index (χ2n) is 5.03. The van der Waals surface area contributed by atoms with E-state index in [1.165, 1.54) is 16.6 Å². The lowest BCUT2D eigenvalue weighted by atomic mass is 10.1. The van der Waals surface area contributed by atoms with Crippen molar-refractivity contribution in [1.29, 1.82) is 0 Å². The Hall–Kier alpha value is -0.970. The van der Waals surface area contributed by atoms with Crippen LogP contribution in [-0.2, 0) is 20.0 Å². The molecule has 21 heavy (non-hydrogen) atoms. The summed E-state index contributed by atoms with van der Waals surface area (Å²) in [6.07, 6.45) is 2.88. The topological polar surface area (TPSA) is 112 Å². The Morgan fingerprint density at radius 1 is 1.33 bits per heavy atom. The molecule has 0 aliphatic carbocycles. The van der Waals surface area contributed by atoms with Crippen molar-refractivity contribution in [2.24, 2.45) is 0 Å². The van der Waals surface area contributed by atoms with Crippen LogP contribution >= 0.6 is 0 Å². The number of nitrogens with zero attached hydrogens (tertiary/aromatic N) is 2. The number of aromatic nitrogens is 2. The third-order valence-electron chi connectivity index (χ3n) is 3.40. The molecule has 120 valence electrons. The minimum absolute atomic E-state index is 0.0172. The predicted octanol–water partition coefficient (Wildman–Crippen LogP) is -0.108. The van der Waals surface area contributed by atoms with E-state index < -0.39 is 20.0 Å². The molecule has 1 fully saturated rings. The summed E-state index contributed by atoms with van der Waals surface area (Å²) in [5.41, 5.74) is 0. The first-order chi connectivity index (χ1) is 9.85. The molecule has 2 N–H and O–H groups in total. The maximum atomic E-state index is 12.0. The number of sulfonamides is 2. The maximum absolute atomic E-state index is 12.0. The normalized spacial score (nSPS) is 18.9. The summed E-state index contributed by atoms with van der Waals surface area (Å²) in [4.78, 5) is 0. The van der Waals surface area contributed by atoms with Crippen molar-refractivity contribution in [3.05, 3.63) is 12.3 Å². The van der Waals surface area contributed by atoms with Crippen molar-refractivity contribution < 1.29 is 16.8 Å². The number of H-pyrrole nitrogens is 1. The van der Waals surface area contributed by atoms with Crippen molar-refractivity contribution in [1.82, 2.24) is 19.2 Å². The van der Waals surface area contributed by atoms with E-state index in [1.807, 2.05) is 6.92 Å². The van der Waals surface area contributed by atoms with Crippen LogP contribution in [0.4, 0.5) is 0 Å². The summed E-state index contributed by atoms with van der Waals surface area (Å²) in [5.74, 6) is 0.136. The van der Waals surface area contributed by atoms with Gasteiger partial charge >= 0.3 is 0 Å². The Bertz CT molecular complexity index is 646. The van der Waals surface area contributed by atoms with Crippen molar-refractivity contribution in [2.45, 2.75) is 37.3 Å². The zero-order valence-corrected chi connectivity index (χ0v) is 13.5. The van der Waals surface area contributed by atoms with Crippen LogP contribution in [0, 0.1) is 0 Å². The fourth-order valence-corrected chi connectivity index (χ4v) is 5.07. The minimum Gasteiger partial charge on any atom is -0.266 e. The number of aromatic amines is 1. The van der Waals surface area contributed by atoms with E-state index in [4.69, 9.17) is 0 Å². The van der Waals surface area contributed by atoms with E-state index >= 15 is 0 Å². The highest BCUT2D eigenvalue weighted by Gasteiger charge is 2.30. The molecule has 0 spiro atoms. The first-order valence-electron chi connectivity index (χ1n) is 6.84. The minimum atomic E-state index is -3.62. The molecule has 0 amide bonds. The van der Waals surface area contributed by atoms with Gasteiger partial charge in [-0.1, -0.05) is 6.92 Å². The Balaban J connectivity index is 1.93. The van der Waals surface area contributed by atoms with Gasteiger partial charge in [-0.05, 0) is 25.3 Å². The van der Waals surface area contributed by atoms with Gasteiger partial charge in [0.15, 0.2) is 5.03 Å². The molecule has 0 aromatic carbocycles. The fourth-order valence-electron chi connectivity index (χ4n) is 2.31. The van der Waals surface area contributed by atoms with Gasteiger partial charge in [0.25, 0.3) is 10.0 Å². The van der Waals surface area contributed by atoms with Crippen LogP contribution in [0.25, 0.3) is 0 Å². The van der Waals surface area contributed by atoms with Gasteiger partial charge in [0.2, 0.25) is 10.0 Å². The number of hydrogen-bond donors (Lipinski definition) is 2. The molecule has 0 bridgehead atoms. The lowest BCUT2D eigenvalue weighted by Gasteiger charge is -2.31. The Morgan fingerprint density at radius 2 is 2.00 bits per heavy atom. The van der Waals surface area contributed by atoms with Gasteiger partial charge in [0.1, 0.15) is 0 Å². The fraction of sp³-hybridized carbons (Fsp3) is 0.727. The van der Waals surface area contributed by atoms with Gasteiger partial charge in [-0.15, -0.1) is 0 Å². The average Bonchev–Trinajstić information content (AvgIpc) is 2.93. The van der Waals surface area contributed by atoms with Gasteiger partial charge in [0.05, 0.1) is 11.9 Å². The van der Waals surface area contributed by atoms with Crippen LogP contribution in [0.2, 0.25) is 0 Å². The molecule has 2 heterocycles. The van der Waals surface area contributed by atoms with E-state index in [0.717, 1.165) is 0 Å². The second-order valence-corrected chi connectivity index (χ2v) is 8.80. The first kappa shape index (κ1) is 16.4. The average molecular weight is 336 g/mol. The molecule has 1 aromatic rings. The van der Waals surface area contributed by atoms with E-state index in [9.17, 15) is 16.8 Å². The molecular formula is C11H20N4O4S2. The highest BCUT2D eigenvalue weighted by molar-refractivity contribution is 7.89. The summed E-state index contributed by atoms with van der Waals surface area (Å²) in [7, 11) is -6.82. The summed E-state index contributed by atoms with van der Waals surface area (Å²) >= 11 is 0. The Kier molecular flexibility index (Phi) is 5.02. The number of nitrogens with one attached hydrogen (secondary N) is 2. The summed E-state index contributed by atoms with van der Waals surface area (Å²) in [5, 5.41) is 6.04. The highest BCUT2D eigenvalue weighted by Crippen LogP contribution is 2.17. The molecule has 8 nitrogen and oxygen atoms in total. The molecule has 1 aliphatic heterocycles. The summed E-state index contributed by atoms with van der Waals surface area (Å²) in [6, 6.07) is 1.12. The molecule has 10 heteroatoms. The van der Waals surface area contributed by atoms with Crippen molar-refractivity contribution >= 4 is 20.0 Å². The lowest BCUT2D eigenvalue weighted by Crippen LogP contribution is -2.47. The van der Waals surface area contributed by atoms with Crippen LogP contribution in [0.5, 0.6) is 0 Å². The van der Waals surface area contributed by atoms with Gasteiger partial charge in [0, 0.05) is 19.1 Å². The molecule has 1 aliphatic rings. The zero-order valence-electron chi connectivity index (χ0n) is 11.8. The van der Waals surface area contributed by atoms with Crippen molar-refractivity contribution in [3.8, 4) is 0 Å². The van der Waals surface area contributed by atoms with Gasteiger partial charge < -0.3 is 0 Å². The Morgan fingerprint density at radius 3 is 2.52 bits per heavy atom. The van der Waals surface area contributed by atoms with Crippen LogP contribution in [0.1, 0.15) is 26.2 Å². The number of piperidine rings is 1. The van der Waals surface area contributed by atoms with Crippen molar-refractivity contribution in [2.75, 3.05) is 18.8 Å². The molecule has 0 atom stereocenters. The quantitative estimate of drug-likeness (QED) is 0.753. The molecule has 1 saturated heterocycles.